The van der Waals surface area contributed by atoms with Crippen molar-refractivity contribution in [3.63, 3.8) is 0 Å². The van der Waals surface area contributed by atoms with Gasteiger partial charge in [-0.25, -0.2) is 0 Å². The average molecular weight is 323 g/mol. The van der Waals surface area contributed by atoms with E-state index in [9.17, 15) is 5.11 Å². The van der Waals surface area contributed by atoms with Crippen LogP contribution in [-0.4, -0.2) is 40.9 Å². The molecule has 1 aromatic heterocycles. The number of aromatic nitrogens is 1. The van der Waals surface area contributed by atoms with Gasteiger partial charge < -0.3 is 14.4 Å². The summed E-state index contributed by atoms with van der Waals surface area (Å²) in [5, 5.41) is 10.8. The molecule has 22 heavy (non-hydrogen) atoms. The molecule has 0 aliphatic heterocycles. The number of likely N-dealkylation sites (N-methyl/N-ethyl adjacent to an activating group) is 1. The molecule has 1 heterocycles. The van der Waals surface area contributed by atoms with Crippen molar-refractivity contribution in [1.29, 1.82) is 0 Å². The van der Waals surface area contributed by atoms with Crippen LogP contribution in [0.15, 0.2) is 42.6 Å². The number of halogens is 1. The van der Waals surface area contributed by atoms with Gasteiger partial charge >= 0.3 is 0 Å². The molecule has 1 aromatic carbocycles. The van der Waals surface area contributed by atoms with Crippen LogP contribution >= 0.6 is 11.6 Å². The summed E-state index contributed by atoms with van der Waals surface area (Å²) in [4.78, 5) is 2.06. The third-order valence-electron chi connectivity index (χ3n) is 3.45. The molecule has 5 heteroatoms. The van der Waals surface area contributed by atoms with Crippen LogP contribution < -0.4 is 0 Å². The van der Waals surface area contributed by atoms with Gasteiger partial charge in [-0.15, -0.1) is 0 Å². The molecule has 0 saturated carbocycles. The first-order valence-electron chi connectivity index (χ1n) is 7.33. The highest BCUT2D eigenvalue weighted by molar-refractivity contribution is 6.30. The van der Waals surface area contributed by atoms with E-state index in [4.69, 9.17) is 16.3 Å². The lowest BCUT2D eigenvalue weighted by atomic mass is 10.2. The number of rotatable bonds is 8. The lowest BCUT2D eigenvalue weighted by Crippen LogP contribution is -2.32. The number of aliphatic hydroxyl groups excluding tert-OH is 1. The van der Waals surface area contributed by atoms with E-state index in [1.54, 1.807) is 0 Å². The number of nitrogens with zero attached hydrogens (tertiary/aromatic N) is 2. The van der Waals surface area contributed by atoms with Gasteiger partial charge in [-0.3, -0.25) is 4.90 Å². The summed E-state index contributed by atoms with van der Waals surface area (Å²) in [5.74, 6) is 0. The highest BCUT2D eigenvalue weighted by Crippen LogP contribution is 2.14. The van der Waals surface area contributed by atoms with Crippen molar-refractivity contribution in [3.8, 4) is 0 Å². The minimum atomic E-state index is -0.510. The Labute approximate surface area is 136 Å². The third kappa shape index (κ3) is 5.46. The summed E-state index contributed by atoms with van der Waals surface area (Å²) in [6.07, 6.45) is 1.37. The van der Waals surface area contributed by atoms with E-state index in [0.29, 0.717) is 19.8 Å². The highest BCUT2D eigenvalue weighted by atomic mass is 35.5. The van der Waals surface area contributed by atoms with Crippen LogP contribution in [-0.2, 0) is 24.9 Å². The molecule has 0 aliphatic carbocycles. The number of aryl methyl sites for hydroxylation is 1. The van der Waals surface area contributed by atoms with E-state index in [2.05, 4.69) is 4.90 Å². The van der Waals surface area contributed by atoms with Gasteiger partial charge in [0.05, 0.1) is 24.3 Å². The quantitative estimate of drug-likeness (QED) is 0.812. The Bertz CT molecular complexity index is 571. The molecule has 2 aromatic rings. The molecule has 0 amide bonds. The van der Waals surface area contributed by atoms with Gasteiger partial charge in [0.1, 0.15) is 0 Å². The monoisotopic (exact) mass is 322 g/mol. The fourth-order valence-electron chi connectivity index (χ4n) is 2.36. The zero-order valence-electron chi connectivity index (χ0n) is 13.1. The van der Waals surface area contributed by atoms with Crippen LogP contribution in [0.25, 0.3) is 0 Å². The van der Waals surface area contributed by atoms with Crippen LogP contribution in [0.5, 0.6) is 0 Å². The molecule has 1 atom stereocenters. The zero-order valence-corrected chi connectivity index (χ0v) is 13.8. The van der Waals surface area contributed by atoms with Crippen molar-refractivity contribution in [2.24, 2.45) is 7.05 Å². The summed E-state index contributed by atoms with van der Waals surface area (Å²) < 4.78 is 7.55. The van der Waals surface area contributed by atoms with Crippen molar-refractivity contribution in [3.05, 3.63) is 58.9 Å². The van der Waals surface area contributed by atoms with Crippen LogP contribution in [0.1, 0.15) is 11.3 Å². The lowest BCUT2D eigenvalue weighted by molar-refractivity contribution is 0.0125. The Morgan fingerprint density at radius 3 is 2.68 bits per heavy atom. The van der Waals surface area contributed by atoms with Crippen molar-refractivity contribution >= 4 is 11.6 Å². The standard InChI is InChI=1S/C17H23ClN2O2/c1-19(10-16-8-15(18)9-20(16)2)11-17(21)13-22-12-14-6-4-3-5-7-14/h3-9,17,21H,10-13H2,1-2H3. The number of aliphatic hydroxyl groups is 1. The molecule has 1 unspecified atom stereocenters. The van der Waals surface area contributed by atoms with Crippen molar-refractivity contribution in [1.82, 2.24) is 9.47 Å². The Kier molecular flexibility index (Phi) is 6.46. The first-order valence-corrected chi connectivity index (χ1v) is 7.71. The zero-order chi connectivity index (χ0) is 15.9. The van der Waals surface area contributed by atoms with E-state index in [1.165, 1.54) is 0 Å². The first kappa shape index (κ1) is 17.0. The Morgan fingerprint density at radius 1 is 1.32 bits per heavy atom. The van der Waals surface area contributed by atoms with Crippen LogP contribution in [0, 0.1) is 0 Å². The van der Waals surface area contributed by atoms with Crippen molar-refractivity contribution < 1.29 is 9.84 Å². The predicted molar refractivity (Wildman–Crippen MR) is 88.9 cm³/mol. The van der Waals surface area contributed by atoms with Crippen molar-refractivity contribution in [2.75, 3.05) is 20.2 Å². The van der Waals surface area contributed by atoms with E-state index < -0.39 is 6.10 Å². The van der Waals surface area contributed by atoms with Gasteiger partial charge in [0.25, 0.3) is 0 Å². The minimum Gasteiger partial charge on any atom is -0.389 e. The fourth-order valence-corrected chi connectivity index (χ4v) is 2.64. The highest BCUT2D eigenvalue weighted by Gasteiger charge is 2.11. The fraction of sp³-hybridized carbons (Fsp3) is 0.412. The Morgan fingerprint density at radius 2 is 2.05 bits per heavy atom. The van der Waals surface area contributed by atoms with E-state index in [-0.39, 0.29) is 0 Å². The largest absolute Gasteiger partial charge is 0.389 e. The van der Waals surface area contributed by atoms with E-state index >= 15 is 0 Å². The number of benzene rings is 1. The van der Waals surface area contributed by atoms with Crippen LogP contribution in [0.2, 0.25) is 5.02 Å². The molecule has 0 spiro atoms. The molecule has 4 nitrogen and oxygen atoms in total. The second-order valence-corrected chi connectivity index (χ2v) is 6.05. The molecule has 120 valence electrons. The molecule has 1 N–H and O–H groups in total. The molecule has 0 aliphatic rings. The minimum absolute atomic E-state index is 0.327. The maximum absolute atomic E-state index is 10.1. The number of ether oxygens (including phenoxy) is 1. The first-order chi connectivity index (χ1) is 10.5. The molecule has 0 saturated heterocycles. The summed E-state index contributed by atoms with van der Waals surface area (Å²) >= 11 is 5.97. The number of hydrogen-bond donors (Lipinski definition) is 1. The molecular weight excluding hydrogens is 300 g/mol. The maximum atomic E-state index is 10.1. The van der Waals surface area contributed by atoms with Crippen LogP contribution in [0.3, 0.4) is 0 Å². The van der Waals surface area contributed by atoms with E-state index in [1.807, 2.05) is 61.3 Å². The van der Waals surface area contributed by atoms with Gasteiger partial charge in [-0.05, 0) is 18.7 Å². The SMILES string of the molecule is CN(Cc1cc(Cl)cn1C)CC(O)COCc1ccccc1. The summed E-state index contributed by atoms with van der Waals surface area (Å²) in [5.41, 5.74) is 2.23. The van der Waals surface area contributed by atoms with Gasteiger partial charge in [-0.2, -0.15) is 0 Å². The maximum Gasteiger partial charge on any atom is 0.0900 e. The van der Waals surface area contributed by atoms with Crippen LogP contribution in [0.4, 0.5) is 0 Å². The smallest absolute Gasteiger partial charge is 0.0900 e. The molecule has 0 radical (unpaired) electrons. The Balaban J connectivity index is 1.70. The molecule has 2 rings (SSSR count). The van der Waals surface area contributed by atoms with Crippen molar-refractivity contribution in [2.45, 2.75) is 19.3 Å². The predicted octanol–water partition coefficient (Wildman–Crippen LogP) is 2.69. The summed E-state index contributed by atoms with van der Waals surface area (Å²) in [6, 6.07) is 11.9. The topological polar surface area (TPSA) is 37.6 Å². The Hall–Kier alpha value is -1.33. The van der Waals surface area contributed by atoms with E-state index in [0.717, 1.165) is 22.8 Å². The normalized spacial score (nSPS) is 12.8. The molecule has 0 bridgehead atoms. The average Bonchev–Trinajstić information content (AvgIpc) is 2.77. The summed E-state index contributed by atoms with van der Waals surface area (Å²) in [7, 11) is 3.94. The lowest BCUT2D eigenvalue weighted by Gasteiger charge is -2.20. The van der Waals surface area contributed by atoms with Gasteiger partial charge in [0.2, 0.25) is 0 Å². The third-order valence-corrected chi connectivity index (χ3v) is 3.66. The molecular formula is C17H23ClN2O2. The molecule has 0 fully saturated rings. The second kappa shape index (κ2) is 8.34. The second-order valence-electron chi connectivity index (χ2n) is 5.61. The van der Waals surface area contributed by atoms with Gasteiger partial charge in [0, 0.05) is 32.0 Å². The summed E-state index contributed by atoms with van der Waals surface area (Å²) in [6.45, 7) is 2.14. The number of hydrogen-bond acceptors (Lipinski definition) is 3. The van der Waals surface area contributed by atoms with Gasteiger partial charge in [0.15, 0.2) is 0 Å². The van der Waals surface area contributed by atoms with Gasteiger partial charge in [-0.1, -0.05) is 41.9 Å².